The number of nitrogens with zero attached hydrogens (tertiary/aromatic N) is 1. The first-order valence-corrected chi connectivity index (χ1v) is 10.1. The van der Waals surface area contributed by atoms with Gasteiger partial charge in [0.15, 0.2) is 0 Å². The maximum Gasteiger partial charge on any atom is 0.384 e. The fourth-order valence-corrected chi connectivity index (χ4v) is 7.32. The lowest BCUT2D eigenvalue weighted by atomic mass is 10.3. The minimum Gasteiger partial charge on any atom is -0.418 e. The van der Waals surface area contributed by atoms with Crippen molar-refractivity contribution in [3.05, 3.63) is 34.4 Å². The lowest BCUT2D eigenvalue weighted by Crippen LogP contribution is -2.07. The molecule has 0 heterocycles. The molecule has 0 aliphatic heterocycles. The zero-order chi connectivity index (χ0) is 14.7. The Kier molecular flexibility index (Phi) is 5.14. The molecule has 1 aromatic carbocycles. The van der Waals surface area contributed by atoms with Crippen LogP contribution in [-0.2, 0) is 9.13 Å². The van der Waals surface area contributed by atoms with Crippen LogP contribution in [0.4, 0.5) is 5.69 Å². The van der Waals surface area contributed by atoms with E-state index in [-0.39, 0.29) is 16.8 Å². The van der Waals surface area contributed by atoms with Crippen LogP contribution in [-0.4, -0.2) is 16.9 Å². The summed E-state index contributed by atoms with van der Waals surface area (Å²) in [6.45, 7) is -8.07. The topological polar surface area (TPSA) is 145 Å². The Bertz CT molecular complexity index is 576. The monoisotopic (exact) mass is 327 g/mol. The number of benzene rings is 1. The average Bonchev–Trinajstić information content (AvgIpc) is 2.27. The van der Waals surface area contributed by atoms with E-state index in [1.54, 1.807) is 0 Å². The lowest BCUT2D eigenvalue weighted by Gasteiger charge is -2.17. The first-order chi connectivity index (χ1) is 8.67. The number of nitro groups is 1. The molecule has 0 fully saturated rings. The molecule has 0 spiro atoms. The van der Waals surface area contributed by atoms with Crippen LogP contribution in [0.3, 0.4) is 0 Å². The van der Waals surface area contributed by atoms with Gasteiger partial charge in [0, 0.05) is 6.07 Å². The maximum absolute atomic E-state index is 12.1. The summed E-state index contributed by atoms with van der Waals surface area (Å²) in [5.74, 6) is -0.286. The summed E-state index contributed by atoms with van der Waals surface area (Å²) < 4.78 is 28.2. The van der Waals surface area contributed by atoms with Crippen LogP contribution < -0.4 is 15.1 Å². The third kappa shape index (κ3) is 4.94. The highest BCUT2D eigenvalue weighted by atomic mass is 33.1. The summed E-state index contributed by atoms with van der Waals surface area (Å²) in [6.07, 6.45) is 0. The molecule has 0 radical (unpaired) electrons. The predicted molar refractivity (Wildman–Crippen MR) is 72.0 cm³/mol. The van der Waals surface area contributed by atoms with Gasteiger partial charge in [-0.25, -0.2) is 9.65 Å². The van der Waals surface area contributed by atoms with Gasteiger partial charge < -0.3 is 9.42 Å². The highest BCUT2D eigenvalue weighted by Gasteiger charge is 2.34. The van der Waals surface area contributed by atoms with E-state index in [1.165, 1.54) is 25.2 Å². The van der Waals surface area contributed by atoms with Gasteiger partial charge in [0.1, 0.15) is 0 Å². The minimum atomic E-state index is -4.18. The van der Waals surface area contributed by atoms with Gasteiger partial charge >= 0.3 is 19.1 Å². The molecule has 2 atom stereocenters. The fourth-order valence-electron chi connectivity index (χ4n) is 1.07. The average molecular weight is 327 g/mol. The van der Waals surface area contributed by atoms with Crippen LogP contribution in [0.1, 0.15) is 0 Å². The summed E-state index contributed by atoms with van der Waals surface area (Å²) in [7, 11) is 1.22. The second kappa shape index (κ2) is 6.04. The molecule has 1 rings (SSSR count). The fraction of sp³-hybridized carbons (Fsp3) is 0.143. The van der Waals surface area contributed by atoms with Crippen molar-refractivity contribution in [3.63, 3.8) is 0 Å². The SMILES string of the molecule is CNP(=O)(Oc1ccccc1[N+](=O)[O-])SP(N)(=O)O. The van der Waals surface area contributed by atoms with E-state index >= 15 is 0 Å². The van der Waals surface area contributed by atoms with Crippen LogP contribution in [0.15, 0.2) is 24.3 Å². The molecule has 0 aliphatic carbocycles. The summed E-state index contributed by atoms with van der Waals surface area (Å²) in [4.78, 5) is 19.1. The zero-order valence-electron chi connectivity index (χ0n) is 9.63. The maximum atomic E-state index is 12.1. The van der Waals surface area contributed by atoms with Crippen molar-refractivity contribution in [3.8, 4) is 5.75 Å². The third-order valence-electron chi connectivity index (χ3n) is 1.78. The zero-order valence-corrected chi connectivity index (χ0v) is 12.2. The number of nitrogens with two attached hydrogens (primary N) is 1. The summed E-state index contributed by atoms with van der Waals surface area (Å²) >= 11 is 0.00794. The largest absolute Gasteiger partial charge is 0.418 e. The van der Waals surface area contributed by atoms with Gasteiger partial charge in [-0.05, 0) is 13.1 Å². The van der Waals surface area contributed by atoms with Crippen molar-refractivity contribution in [2.24, 2.45) is 5.50 Å². The number of rotatable bonds is 6. The summed E-state index contributed by atoms with van der Waals surface area (Å²) in [6, 6.07) is 5.22. The molecule has 0 aliphatic rings. The van der Waals surface area contributed by atoms with E-state index in [2.05, 4.69) is 5.09 Å². The second-order valence-corrected chi connectivity index (χ2v) is 11.1. The van der Waals surface area contributed by atoms with E-state index in [1.807, 2.05) is 0 Å². The molecule has 0 aromatic heterocycles. The smallest absolute Gasteiger partial charge is 0.384 e. The van der Waals surface area contributed by atoms with E-state index in [0.29, 0.717) is 0 Å². The molecule has 0 saturated carbocycles. The number of hydrogen-bond acceptors (Lipinski definition) is 6. The molecular weight excluding hydrogens is 316 g/mol. The Morgan fingerprint density at radius 1 is 1.47 bits per heavy atom. The molecule has 2 unspecified atom stereocenters. The van der Waals surface area contributed by atoms with Crippen molar-refractivity contribution in [1.29, 1.82) is 0 Å². The van der Waals surface area contributed by atoms with Crippen molar-refractivity contribution in [2.45, 2.75) is 0 Å². The Morgan fingerprint density at radius 2 is 2.05 bits per heavy atom. The van der Waals surface area contributed by atoms with Crippen molar-refractivity contribution in [2.75, 3.05) is 7.05 Å². The Morgan fingerprint density at radius 3 is 2.53 bits per heavy atom. The van der Waals surface area contributed by atoms with E-state index < -0.39 is 24.1 Å². The molecule has 4 N–H and O–H groups in total. The van der Waals surface area contributed by atoms with Crippen molar-refractivity contribution in [1.82, 2.24) is 5.09 Å². The van der Waals surface area contributed by atoms with Gasteiger partial charge in [-0.1, -0.05) is 12.1 Å². The van der Waals surface area contributed by atoms with E-state index in [9.17, 15) is 19.2 Å². The van der Waals surface area contributed by atoms with Gasteiger partial charge in [-0.15, -0.1) is 0 Å². The molecule has 0 amide bonds. The normalized spacial score (nSPS) is 17.2. The predicted octanol–water partition coefficient (Wildman–Crippen LogP) is 2.09. The standard InChI is InChI=1S/C7H11N3O6P2S/c1-9-18(15,19-17(8,13)14)16-7-5-3-2-4-6(7)10(11)12/h2-5H,1H3,(H,9,15)(H3,8,13,14). The molecule has 1 aromatic rings. The first-order valence-electron chi connectivity index (χ1n) is 4.71. The first kappa shape index (κ1) is 16.2. The molecule has 0 saturated heterocycles. The molecule has 12 heteroatoms. The summed E-state index contributed by atoms with van der Waals surface area (Å²) in [5, 5.41) is 13.0. The van der Waals surface area contributed by atoms with E-state index in [4.69, 9.17) is 14.9 Å². The quantitative estimate of drug-likeness (QED) is 0.406. The number of para-hydroxylation sites is 2. The van der Waals surface area contributed by atoms with Crippen LogP contribution in [0.5, 0.6) is 5.75 Å². The Hall–Kier alpha value is -0.890. The van der Waals surface area contributed by atoms with Gasteiger partial charge in [0.05, 0.1) is 15.9 Å². The molecule has 106 valence electrons. The van der Waals surface area contributed by atoms with Gasteiger partial charge in [-0.2, -0.15) is 0 Å². The molecule has 9 nitrogen and oxygen atoms in total. The van der Waals surface area contributed by atoms with Crippen molar-refractivity contribution < 1.29 is 23.5 Å². The number of hydrogen-bond donors (Lipinski definition) is 3. The number of nitrogens with one attached hydrogen (secondary N) is 1. The second-order valence-electron chi connectivity index (χ2n) is 3.18. The third-order valence-corrected chi connectivity index (χ3v) is 9.37. The molecule has 0 bridgehead atoms. The lowest BCUT2D eigenvalue weighted by molar-refractivity contribution is -0.385. The Labute approximate surface area is 112 Å². The highest BCUT2D eigenvalue weighted by Crippen LogP contribution is 2.70. The van der Waals surface area contributed by atoms with Gasteiger partial charge in [0.25, 0.3) is 0 Å². The molecule has 19 heavy (non-hydrogen) atoms. The minimum absolute atomic E-state index is 0.00794. The van der Waals surface area contributed by atoms with E-state index in [0.717, 1.165) is 6.07 Å². The van der Waals surface area contributed by atoms with Crippen LogP contribution in [0.2, 0.25) is 0 Å². The number of nitro benzene ring substituents is 1. The van der Waals surface area contributed by atoms with Crippen LogP contribution in [0, 0.1) is 10.1 Å². The van der Waals surface area contributed by atoms with Crippen LogP contribution in [0.25, 0.3) is 0 Å². The van der Waals surface area contributed by atoms with Crippen LogP contribution >= 0.6 is 24.4 Å². The van der Waals surface area contributed by atoms with Gasteiger partial charge in [-0.3, -0.25) is 20.2 Å². The summed E-state index contributed by atoms with van der Waals surface area (Å²) in [5.41, 5.74) is 4.48. The van der Waals surface area contributed by atoms with Gasteiger partial charge in [0.2, 0.25) is 5.75 Å². The Balaban J connectivity index is 3.09. The molecular formula is C7H11N3O6P2S. The highest BCUT2D eigenvalue weighted by molar-refractivity contribution is 8.85. The van der Waals surface area contributed by atoms with Crippen molar-refractivity contribution >= 4 is 30.1 Å².